The fourth-order valence-electron chi connectivity index (χ4n) is 1.51. The van der Waals surface area contributed by atoms with E-state index in [0.29, 0.717) is 11.3 Å². The molecule has 0 aliphatic rings. The summed E-state index contributed by atoms with van der Waals surface area (Å²) in [6, 6.07) is 13.9. The quantitative estimate of drug-likeness (QED) is 0.817. The summed E-state index contributed by atoms with van der Waals surface area (Å²) in [5.41, 5.74) is 7.66. The molecular weight excluding hydrogens is 235 g/mol. The number of benzene rings is 2. The lowest BCUT2D eigenvalue weighted by atomic mass is 10.1. The van der Waals surface area contributed by atoms with Crippen LogP contribution in [0.15, 0.2) is 48.5 Å². The SMILES string of the molecule is NC(=S)c1cc(F)ccc1Nc1ccccc1. The highest BCUT2D eigenvalue weighted by Crippen LogP contribution is 2.21. The van der Waals surface area contributed by atoms with Crippen molar-refractivity contribution in [2.45, 2.75) is 0 Å². The number of para-hydroxylation sites is 1. The van der Waals surface area contributed by atoms with Gasteiger partial charge in [-0.3, -0.25) is 0 Å². The largest absolute Gasteiger partial charge is 0.389 e. The van der Waals surface area contributed by atoms with Gasteiger partial charge in [0.05, 0.1) is 0 Å². The lowest BCUT2D eigenvalue weighted by Crippen LogP contribution is -2.12. The zero-order valence-corrected chi connectivity index (χ0v) is 9.80. The van der Waals surface area contributed by atoms with Gasteiger partial charge in [0.15, 0.2) is 0 Å². The van der Waals surface area contributed by atoms with Crippen LogP contribution in [-0.2, 0) is 0 Å². The van der Waals surface area contributed by atoms with E-state index in [1.807, 2.05) is 30.3 Å². The van der Waals surface area contributed by atoms with Crippen molar-refractivity contribution >= 4 is 28.6 Å². The Kier molecular flexibility index (Phi) is 3.35. The maximum Gasteiger partial charge on any atom is 0.124 e. The molecule has 17 heavy (non-hydrogen) atoms. The molecule has 86 valence electrons. The molecule has 2 aromatic carbocycles. The summed E-state index contributed by atoms with van der Waals surface area (Å²) >= 11 is 4.90. The van der Waals surface area contributed by atoms with Crippen LogP contribution < -0.4 is 11.1 Å². The molecule has 0 radical (unpaired) electrons. The molecule has 0 amide bonds. The third kappa shape index (κ3) is 2.79. The van der Waals surface area contributed by atoms with Crippen LogP contribution in [0, 0.1) is 5.82 Å². The molecule has 2 nitrogen and oxygen atoms in total. The Morgan fingerprint density at radius 3 is 2.47 bits per heavy atom. The van der Waals surface area contributed by atoms with Crippen molar-refractivity contribution in [3.05, 3.63) is 59.9 Å². The van der Waals surface area contributed by atoms with Gasteiger partial charge < -0.3 is 11.1 Å². The van der Waals surface area contributed by atoms with E-state index in [2.05, 4.69) is 5.32 Å². The zero-order chi connectivity index (χ0) is 12.3. The molecular formula is C13H11FN2S. The van der Waals surface area contributed by atoms with E-state index in [1.165, 1.54) is 12.1 Å². The van der Waals surface area contributed by atoms with Crippen LogP contribution in [0.1, 0.15) is 5.56 Å². The van der Waals surface area contributed by atoms with Crippen molar-refractivity contribution < 1.29 is 4.39 Å². The predicted octanol–water partition coefficient (Wildman–Crippen LogP) is 3.20. The molecule has 0 aliphatic carbocycles. The molecule has 0 heterocycles. The van der Waals surface area contributed by atoms with Crippen LogP contribution >= 0.6 is 12.2 Å². The Morgan fingerprint density at radius 1 is 1.12 bits per heavy atom. The van der Waals surface area contributed by atoms with E-state index >= 15 is 0 Å². The molecule has 2 aromatic rings. The molecule has 0 aromatic heterocycles. The lowest BCUT2D eigenvalue weighted by Gasteiger charge is -2.11. The highest BCUT2D eigenvalue weighted by molar-refractivity contribution is 7.80. The molecule has 3 N–H and O–H groups in total. The van der Waals surface area contributed by atoms with E-state index in [4.69, 9.17) is 18.0 Å². The summed E-state index contributed by atoms with van der Waals surface area (Å²) in [6.07, 6.45) is 0. The molecule has 0 unspecified atom stereocenters. The first-order valence-corrected chi connectivity index (χ1v) is 5.49. The fourth-order valence-corrected chi connectivity index (χ4v) is 1.68. The molecule has 0 fully saturated rings. The minimum Gasteiger partial charge on any atom is -0.389 e. The Labute approximate surface area is 104 Å². The van der Waals surface area contributed by atoms with Crippen LogP contribution in [-0.4, -0.2) is 4.99 Å². The molecule has 0 saturated heterocycles. The topological polar surface area (TPSA) is 38.0 Å². The molecule has 0 spiro atoms. The van der Waals surface area contributed by atoms with Crippen LogP contribution in [0.25, 0.3) is 0 Å². The number of nitrogens with one attached hydrogen (secondary N) is 1. The van der Waals surface area contributed by atoms with Gasteiger partial charge in [-0.2, -0.15) is 0 Å². The van der Waals surface area contributed by atoms with Gasteiger partial charge >= 0.3 is 0 Å². The summed E-state index contributed by atoms with van der Waals surface area (Å²) in [4.78, 5) is 0.169. The first-order valence-electron chi connectivity index (χ1n) is 5.08. The highest BCUT2D eigenvalue weighted by Gasteiger charge is 2.06. The summed E-state index contributed by atoms with van der Waals surface area (Å²) in [5.74, 6) is -0.355. The zero-order valence-electron chi connectivity index (χ0n) is 8.98. The molecule has 0 saturated carbocycles. The molecule has 0 atom stereocenters. The summed E-state index contributed by atoms with van der Waals surface area (Å²) in [6.45, 7) is 0. The lowest BCUT2D eigenvalue weighted by molar-refractivity contribution is 0.628. The van der Waals surface area contributed by atoms with Gasteiger partial charge in [0.25, 0.3) is 0 Å². The van der Waals surface area contributed by atoms with E-state index in [0.717, 1.165) is 5.69 Å². The van der Waals surface area contributed by atoms with Gasteiger partial charge in [-0.15, -0.1) is 0 Å². The van der Waals surface area contributed by atoms with Gasteiger partial charge in [-0.1, -0.05) is 30.4 Å². The van der Waals surface area contributed by atoms with E-state index < -0.39 is 0 Å². The second-order valence-electron chi connectivity index (χ2n) is 3.55. The Morgan fingerprint density at radius 2 is 1.82 bits per heavy atom. The Balaban J connectivity index is 2.36. The van der Waals surface area contributed by atoms with Crippen molar-refractivity contribution in [2.75, 3.05) is 5.32 Å². The molecule has 0 bridgehead atoms. The third-order valence-corrected chi connectivity index (χ3v) is 2.52. The van der Waals surface area contributed by atoms with Crippen LogP contribution in [0.2, 0.25) is 0 Å². The predicted molar refractivity (Wildman–Crippen MR) is 72.0 cm³/mol. The van der Waals surface area contributed by atoms with E-state index in [-0.39, 0.29) is 10.8 Å². The summed E-state index contributed by atoms with van der Waals surface area (Å²) in [5, 5.41) is 3.15. The second-order valence-corrected chi connectivity index (χ2v) is 3.99. The number of nitrogens with two attached hydrogens (primary N) is 1. The maximum atomic E-state index is 13.1. The smallest absolute Gasteiger partial charge is 0.124 e. The van der Waals surface area contributed by atoms with E-state index in [1.54, 1.807) is 6.07 Å². The van der Waals surface area contributed by atoms with Gasteiger partial charge in [0.1, 0.15) is 10.8 Å². The van der Waals surface area contributed by atoms with Gasteiger partial charge in [0.2, 0.25) is 0 Å². The van der Waals surface area contributed by atoms with Crippen LogP contribution in [0.5, 0.6) is 0 Å². The third-order valence-electron chi connectivity index (χ3n) is 2.30. The minimum absolute atomic E-state index is 0.169. The fraction of sp³-hybridized carbons (Fsp3) is 0. The van der Waals surface area contributed by atoms with E-state index in [9.17, 15) is 4.39 Å². The number of hydrogen-bond acceptors (Lipinski definition) is 2. The van der Waals surface area contributed by atoms with Crippen molar-refractivity contribution in [3.8, 4) is 0 Å². The van der Waals surface area contributed by atoms with Gasteiger partial charge in [0, 0.05) is 16.9 Å². The first-order chi connectivity index (χ1) is 8.16. The average molecular weight is 246 g/mol. The number of anilines is 2. The molecule has 0 aliphatic heterocycles. The number of halogens is 1. The maximum absolute atomic E-state index is 13.1. The monoisotopic (exact) mass is 246 g/mol. The first kappa shape index (κ1) is 11.5. The van der Waals surface area contributed by atoms with Crippen LogP contribution in [0.4, 0.5) is 15.8 Å². The van der Waals surface area contributed by atoms with Crippen molar-refractivity contribution in [3.63, 3.8) is 0 Å². The summed E-state index contributed by atoms with van der Waals surface area (Å²) in [7, 11) is 0. The average Bonchev–Trinajstić information content (AvgIpc) is 2.32. The number of hydrogen-bond donors (Lipinski definition) is 2. The molecule has 4 heteroatoms. The summed E-state index contributed by atoms with van der Waals surface area (Å²) < 4.78 is 13.1. The standard InChI is InChI=1S/C13H11FN2S/c14-9-6-7-12(11(8-9)13(15)17)16-10-4-2-1-3-5-10/h1-8,16H,(H2,15,17). The van der Waals surface area contributed by atoms with Crippen molar-refractivity contribution in [1.29, 1.82) is 0 Å². The second kappa shape index (κ2) is 4.93. The van der Waals surface area contributed by atoms with Crippen molar-refractivity contribution in [1.82, 2.24) is 0 Å². The minimum atomic E-state index is -0.355. The Hall–Kier alpha value is -1.94. The molecule has 2 rings (SSSR count). The van der Waals surface area contributed by atoms with Gasteiger partial charge in [-0.05, 0) is 30.3 Å². The normalized spacial score (nSPS) is 9.94. The highest BCUT2D eigenvalue weighted by atomic mass is 32.1. The van der Waals surface area contributed by atoms with Crippen LogP contribution in [0.3, 0.4) is 0 Å². The number of rotatable bonds is 3. The Bertz CT molecular complexity index is 540. The van der Waals surface area contributed by atoms with Gasteiger partial charge in [-0.25, -0.2) is 4.39 Å². The van der Waals surface area contributed by atoms with Crippen molar-refractivity contribution in [2.24, 2.45) is 5.73 Å². The number of thiocarbonyl (C=S) groups is 1.